The lowest BCUT2D eigenvalue weighted by Gasteiger charge is -2.28. The molecule has 3 aromatic rings. The minimum Gasteiger partial charge on any atom is -0.493 e. The molecule has 190 valence electrons. The van der Waals surface area contributed by atoms with Crippen LogP contribution in [0.25, 0.3) is 11.5 Å². The molecule has 0 aliphatic rings. The first-order valence-corrected chi connectivity index (χ1v) is 11.7. The number of nitrogens with zero attached hydrogens (tertiary/aromatic N) is 3. The van der Waals surface area contributed by atoms with Crippen LogP contribution in [-0.2, 0) is 16.0 Å². The number of carboxylic acid groups (broad SMARTS) is 1. The summed E-state index contributed by atoms with van der Waals surface area (Å²) in [6.07, 6.45) is 1.26. The van der Waals surface area contributed by atoms with Crippen molar-refractivity contribution in [1.82, 2.24) is 15.0 Å². The minimum absolute atomic E-state index is 0.126. The first-order valence-electron chi connectivity index (χ1n) is 11.7. The van der Waals surface area contributed by atoms with Crippen molar-refractivity contribution in [3.63, 3.8) is 0 Å². The zero-order chi connectivity index (χ0) is 26.1. The van der Waals surface area contributed by atoms with E-state index in [9.17, 15) is 14.7 Å². The number of hydrogen-bond acceptors (Lipinski definition) is 7. The van der Waals surface area contributed by atoms with E-state index in [0.717, 1.165) is 16.0 Å². The maximum atomic E-state index is 12.6. The number of rotatable bonds is 12. The van der Waals surface area contributed by atoms with Crippen LogP contribution in [0.2, 0.25) is 0 Å². The largest absolute Gasteiger partial charge is 0.493 e. The van der Waals surface area contributed by atoms with Crippen LogP contribution in [0.3, 0.4) is 0 Å². The van der Waals surface area contributed by atoms with Crippen molar-refractivity contribution in [3.05, 3.63) is 78.1 Å². The second-order valence-corrected chi connectivity index (χ2v) is 8.72. The van der Waals surface area contributed by atoms with Crippen LogP contribution >= 0.6 is 0 Å². The van der Waals surface area contributed by atoms with Crippen LogP contribution in [0, 0.1) is 12.8 Å². The van der Waals surface area contributed by atoms with E-state index in [2.05, 4.69) is 16.7 Å². The molecule has 36 heavy (non-hydrogen) atoms. The molecule has 1 amide bonds. The molecule has 1 heterocycles. The van der Waals surface area contributed by atoms with E-state index in [0.29, 0.717) is 36.1 Å². The number of hydrogen-bond donors (Lipinski definition) is 1. The van der Waals surface area contributed by atoms with Crippen LogP contribution in [0.1, 0.15) is 36.8 Å². The van der Waals surface area contributed by atoms with E-state index in [-0.39, 0.29) is 12.5 Å². The van der Waals surface area contributed by atoms with Gasteiger partial charge in [0.2, 0.25) is 0 Å². The highest BCUT2D eigenvalue weighted by Crippen LogP contribution is 2.25. The Hall–Kier alpha value is -4.14. The third-order valence-electron chi connectivity index (χ3n) is 5.22. The molecule has 0 saturated carbocycles. The quantitative estimate of drug-likeness (QED) is 0.348. The topological polar surface area (TPSA) is 115 Å². The zero-order valence-corrected chi connectivity index (χ0v) is 20.7. The molecule has 1 atom stereocenters. The zero-order valence-electron chi connectivity index (χ0n) is 20.7. The summed E-state index contributed by atoms with van der Waals surface area (Å²) in [5, 5.41) is 13.3. The smallest absolute Gasteiger partial charge is 0.411 e. The second-order valence-electron chi connectivity index (χ2n) is 8.72. The van der Waals surface area contributed by atoms with Gasteiger partial charge in [0.15, 0.2) is 5.82 Å². The van der Waals surface area contributed by atoms with Gasteiger partial charge in [-0.3, -0.25) is 9.69 Å². The lowest BCUT2D eigenvalue weighted by atomic mass is 10.1. The molecule has 0 aliphatic carbocycles. The molecule has 9 nitrogen and oxygen atoms in total. The summed E-state index contributed by atoms with van der Waals surface area (Å²) in [6.45, 7) is 9.62. The number of carboxylic acids is 1. The number of amides is 1. The van der Waals surface area contributed by atoms with Crippen molar-refractivity contribution >= 4 is 12.1 Å². The van der Waals surface area contributed by atoms with Gasteiger partial charge in [0, 0.05) is 12.0 Å². The third-order valence-corrected chi connectivity index (χ3v) is 5.22. The summed E-state index contributed by atoms with van der Waals surface area (Å²) in [7, 11) is 0. The van der Waals surface area contributed by atoms with Crippen molar-refractivity contribution in [2.24, 2.45) is 5.92 Å². The van der Waals surface area contributed by atoms with Gasteiger partial charge in [-0.1, -0.05) is 54.9 Å². The first-order chi connectivity index (χ1) is 17.3. The molecule has 0 spiro atoms. The average molecular weight is 494 g/mol. The van der Waals surface area contributed by atoms with Gasteiger partial charge in [0.25, 0.3) is 5.89 Å². The third kappa shape index (κ3) is 7.43. The summed E-state index contributed by atoms with van der Waals surface area (Å²) in [4.78, 5) is 29.5. The Labute approximate surface area is 210 Å². The Morgan fingerprint density at radius 2 is 1.83 bits per heavy atom. The Bertz CT molecular complexity index is 1160. The van der Waals surface area contributed by atoms with E-state index in [1.807, 2.05) is 45.0 Å². The van der Waals surface area contributed by atoms with Gasteiger partial charge in [0.05, 0.1) is 19.3 Å². The van der Waals surface area contributed by atoms with Gasteiger partial charge in [0.1, 0.15) is 12.3 Å². The van der Waals surface area contributed by atoms with Gasteiger partial charge in [-0.2, -0.15) is 4.98 Å². The second kappa shape index (κ2) is 12.5. The van der Waals surface area contributed by atoms with E-state index in [1.165, 1.54) is 6.08 Å². The predicted octanol–water partition coefficient (Wildman–Crippen LogP) is 5.07. The fraction of sp³-hybridized carbons (Fsp3) is 0.333. The molecule has 1 aromatic heterocycles. The van der Waals surface area contributed by atoms with E-state index >= 15 is 0 Å². The van der Waals surface area contributed by atoms with Crippen molar-refractivity contribution in [2.75, 3.05) is 19.8 Å². The molecule has 0 aliphatic heterocycles. The minimum atomic E-state index is -1.14. The highest BCUT2D eigenvalue weighted by Gasteiger charge is 2.26. The Kier molecular flexibility index (Phi) is 9.21. The molecule has 0 radical (unpaired) electrons. The highest BCUT2D eigenvalue weighted by atomic mass is 16.6. The highest BCUT2D eigenvalue weighted by molar-refractivity contribution is 5.77. The fourth-order valence-electron chi connectivity index (χ4n) is 3.38. The van der Waals surface area contributed by atoms with Gasteiger partial charge in [-0.05, 0) is 42.7 Å². The number of aromatic nitrogens is 2. The van der Waals surface area contributed by atoms with Gasteiger partial charge < -0.3 is 19.1 Å². The van der Waals surface area contributed by atoms with Crippen molar-refractivity contribution in [1.29, 1.82) is 0 Å². The SMILES string of the molecule is C=CC(c1ccc(OCCc2noc(-c3ccc(C)cc3)n2)cc1)N(CC(=O)O)C(=O)OCC(C)C. The van der Waals surface area contributed by atoms with Crippen LogP contribution < -0.4 is 4.74 Å². The lowest BCUT2D eigenvalue weighted by molar-refractivity contribution is -0.138. The first kappa shape index (κ1) is 26.5. The number of ether oxygens (including phenoxy) is 2. The number of aryl methyl sites for hydroxylation is 1. The standard InChI is InChI=1S/C27H31N3O6/c1-5-23(30(16-25(31)32)27(33)35-17-18(2)3)20-10-12-22(13-11-20)34-15-14-24-28-26(36-29-24)21-8-6-19(4)7-9-21/h5-13,18,23H,1,14-17H2,2-4H3,(H,31,32). The molecular weight excluding hydrogens is 462 g/mol. The monoisotopic (exact) mass is 493 g/mol. The van der Waals surface area contributed by atoms with Gasteiger partial charge in [-0.25, -0.2) is 4.79 Å². The lowest BCUT2D eigenvalue weighted by Crippen LogP contribution is -2.39. The van der Waals surface area contributed by atoms with E-state index in [1.54, 1.807) is 24.3 Å². The molecule has 0 bridgehead atoms. The maximum absolute atomic E-state index is 12.6. The molecular formula is C27H31N3O6. The van der Waals surface area contributed by atoms with Crippen molar-refractivity contribution in [3.8, 4) is 17.2 Å². The average Bonchev–Trinajstić information content (AvgIpc) is 3.32. The molecule has 9 heteroatoms. The molecule has 3 rings (SSSR count). The maximum Gasteiger partial charge on any atom is 0.411 e. The van der Waals surface area contributed by atoms with Crippen molar-refractivity contribution in [2.45, 2.75) is 33.2 Å². The number of benzene rings is 2. The van der Waals surface area contributed by atoms with Gasteiger partial charge in [-0.15, -0.1) is 6.58 Å². The number of carbonyl (C=O) groups excluding carboxylic acids is 1. The van der Waals surface area contributed by atoms with Gasteiger partial charge >= 0.3 is 12.1 Å². The summed E-state index contributed by atoms with van der Waals surface area (Å²) < 4.78 is 16.4. The van der Waals surface area contributed by atoms with Crippen LogP contribution in [0.5, 0.6) is 5.75 Å². The Morgan fingerprint density at radius 1 is 1.14 bits per heavy atom. The number of carbonyl (C=O) groups is 2. The molecule has 0 saturated heterocycles. The molecule has 2 aromatic carbocycles. The van der Waals surface area contributed by atoms with Crippen LogP contribution in [0.4, 0.5) is 4.79 Å². The summed E-state index contributed by atoms with van der Waals surface area (Å²) >= 11 is 0. The molecule has 1 unspecified atom stereocenters. The van der Waals surface area contributed by atoms with Crippen LogP contribution in [-0.4, -0.2) is 52.0 Å². The summed E-state index contributed by atoms with van der Waals surface area (Å²) in [5.41, 5.74) is 2.69. The van der Waals surface area contributed by atoms with Crippen LogP contribution in [0.15, 0.2) is 65.7 Å². The molecule has 1 N–H and O–H groups in total. The fourth-order valence-corrected chi connectivity index (χ4v) is 3.38. The molecule has 0 fully saturated rings. The number of aliphatic carboxylic acids is 1. The van der Waals surface area contributed by atoms with Crippen molar-refractivity contribution < 1.29 is 28.7 Å². The Balaban J connectivity index is 1.59. The predicted molar refractivity (Wildman–Crippen MR) is 134 cm³/mol. The summed E-state index contributed by atoms with van der Waals surface area (Å²) in [5.74, 6) is 0.591. The Morgan fingerprint density at radius 3 is 2.44 bits per heavy atom. The van der Waals surface area contributed by atoms with E-state index in [4.69, 9.17) is 14.0 Å². The normalized spacial score (nSPS) is 11.7. The van der Waals surface area contributed by atoms with E-state index < -0.39 is 24.6 Å². The summed E-state index contributed by atoms with van der Waals surface area (Å²) in [6, 6.07) is 14.2.